The molecule has 176 valence electrons. The number of aliphatic hydroxyl groups is 3. The van der Waals surface area contributed by atoms with E-state index >= 15 is 0 Å². The average molecular weight is 431 g/mol. The van der Waals surface area contributed by atoms with Crippen LogP contribution in [0.4, 0.5) is 0 Å². The van der Waals surface area contributed by atoms with Gasteiger partial charge >= 0.3 is 0 Å². The Bertz CT molecular complexity index is 711. The van der Waals surface area contributed by atoms with E-state index in [0.717, 1.165) is 36.7 Å². The normalized spacial score (nSPS) is 45.5. The van der Waals surface area contributed by atoms with E-state index in [1.165, 1.54) is 31.3 Å². The number of fused-ring (bicyclic) bond motifs is 5. The van der Waals surface area contributed by atoms with Crippen molar-refractivity contribution in [1.82, 2.24) is 0 Å². The third-order valence-corrected chi connectivity index (χ3v) is 10.6. The van der Waals surface area contributed by atoms with Crippen molar-refractivity contribution in [2.45, 2.75) is 97.7 Å². The molecule has 3 saturated carbocycles. The van der Waals surface area contributed by atoms with Crippen molar-refractivity contribution >= 4 is 0 Å². The highest BCUT2D eigenvalue weighted by atomic mass is 16.3. The molecule has 0 heterocycles. The van der Waals surface area contributed by atoms with Crippen molar-refractivity contribution in [2.75, 3.05) is 6.61 Å². The van der Waals surface area contributed by atoms with Gasteiger partial charge in [-0.15, -0.1) is 0 Å². The van der Waals surface area contributed by atoms with Crippen molar-refractivity contribution in [3.8, 4) is 0 Å². The quantitative estimate of drug-likeness (QED) is 0.488. The number of rotatable bonds is 6. The molecular weight excluding hydrogens is 384 g/mol. The Balaban J connectivity index is 1.54. The fraction of sp³-hybridized carbons (Fsp3) is 0.857. The summed E-state index contributed by atoms with van der Waals surface area (Å²) in [6.07, 6.45) is 10.6. The van der Waals surface area contributed by atoms with Gasteiger partial charge in [0.05, 0.1) is 18.8 Å². The van der Waals surface area contributed by atoms with Crippen LogP contribution in [0.5, 0.6) is 0 Å². The first kappa shape index (κ1) is 23.5. The van der Waals surface area contributed by atoms with Gasteiger partial charge in [-0.1, -0.05) is 51.5 Å². The topological polar surface area (TPSA) is 60.7 Å². The zero-order valence-electron chi connectivity index (χ0n) is 20.3. The van der Waals surface area contributed by atoms with Crippen molar-refractivity contribution < 1.29 is 15.3 Å². The van der Waals surface area contributed by atoms with Crippen LogP contribution < -0.4 is 0 Å². The van der Waals surface area contributed by atoms with E-state index in [-0.39, 0.29) is 6.61 Å². The minimum atomic E-state index is -0.622. The molecule has 0 aliphatic heterocycles. The predicted molar refractivity (Wildman–Crippen MR) is 126 cm³/mol. The van der Waals surface area contributed by atoms with Crippen LogP contribution in [0.2, 0.25) is 0 Å². The van der Waals surface area contributed by atoms with Crippen LogP contribution in [0.3, 0.4) is 0 Å². The third kappa shape index (κ3) is 3.67. The van der Waals surface area contributed by atoms with E-state index in [9.17, 15) is 15.3 Å². The minimum absolute atomic E-state index is 0.0223. The molecule has 3 fully saturated rings. The first-order valence-electron chi connectivity index (χ1n) is 13.0. The third-order valence-electron chi connectivity index (χ3n) is 10.6. The molecule has 4 rings (SSSR count). The molecule has 0 aromatic rings. The average Bonchev–Trinajstić information content (AvgIpc) is 3.08. The summed E-state index contributed by atoms with van der Waals surface area (Å²) in [5.41, 5.74) is 2.39. The monoisotopic (exact) mass is 430 g/mol. The van der Waals surface area contributed by atoms with Crippen LogP contribution >= 0.6 is 0 Å². The lowest BCUT2D eigenvalue weighted by molar-refractivity contribution is -0.133. The fourth-order valence-electron chi connectivity index (χ4n) is 8.70. The lowest BCUT2D eigenvalue weighted by Gasteiger charge is -2.60. The molecule has 9 atom stereocenters. The van der Waals surface area contributed by atoms with Gasteiger partial charge in [-0.3, -0.25) is 0 Å². The summed E-state index contributed by atoms with van der Waals surface area (Å²) < 4.78 is 0. The molecule has 0 saturated heterocycles. The second-order valence-electron chi connectivity index (χ2n) is 12.2. The van der Waals surface area contributed by atoms with Crippen LogP contribution in [0.25, 0.3) is 0 Å². The van der Waals surface area contributed by atoms with Crippen molar-refractivity contribution in [1.29, 1.82) is 0 Å². The van der Waals surface area contributed by atoms with Gasteiger partial charge in [0.15, 0.2) is 0 Å². The first-order chi connectivity index (χ1) is 14.6. The molecule has 0 bridgehead atoms. The van der Waals surface area contributed by atoms with E-state index in [4.69, 9.17) is 0 Å². The highest BCUT2D eigenvalue weighted by molar-refractivity contribution is 5.29. The molecule has 0 aromatic carbocycles. The second kappa shape index (κ2) is 8.61. The first-order valence-corrected chi connectivity index (χ1v) is 13.0. The van der Waals surface area contributed by atoms with Gasteiger partial charge < -0.3 is 15.3 Å². The SMILES string of the molecule is C=C(CC[C@@H](C)[C@H]1CCC2C3CC=C4C[C@@H](O)C[C@H](O)[C@]4(CO)C3CC[C@@]21C)C(C)C. The Kier molecular flexibility index (Phi) is 6.53. The van der Waals surface area contributed by atoms with Crippen LogP contribution in [-0.4, -0.2) is 34.1 Å². The van der Waals surface area contributed by atoms with E-state index < -0.39 is 17.6 Å². The maximum atomic E-state index is 11.1. The number of hydrogen-bond donors (Lipinski definition) is 3. The standard InChI is InChI=1S/C28H46O3/c1-17(2)18(3)6-7-19(4)23-10-11-24-22-9-8-20-14-21(30)15-26(31)28(20,16-29)25(22)12-13-27(23,24)5/h8,17,19,21-26,29-31H,3,6-7,9-16H2,1-2,4-5H3/t19-,21-,22?,23-,24?,25?,26+,27-,28+/m1/s1. The lowest BCUT2D eigenvalue weighted by atomic mass is 9.46. The summed E-state index contributed by atoms with van der Waals surface area (Å²) >= 11 is 0. The molecule has 4 aliphatic carbocycles. The van der Waals surface area contributed by atoms with Crippen molar-refractivity contribution in [3.05, 3.63) is 23.8 Å². The van der Waals surface area contributed by atoms with E-state index in [0.29, 0.717) is 41.9 Å². The molecule has 3 N–H and O–H groups in total. The van der Waals surface area contributed by atoms with E-state index in [1.54, 1.807) is 0 Å². The highest BCUT2D eigenvalue weighted by Gasteiger charge is 2.62. The van der Waals surface area contributed by atoms with Gasteiger partial charge in [-0.25, -0.2) is 0 Å². The largest absolute Gasteiger partial charge is 0.395 e. The van der Waals surface area contributed by atoms with E-state index in [2.05, 4.69) is 40.3 Å². The number of aliphatic hydroxyl groups excluding tert-OH is 3. The number of allylic oxidation sites excluding steroid dienone is 2. The Hall–Kier alpha value is -0.640. The Morgan fingerprint density at radius 2 is 1.90 bits per heavy atom. The van der Waals surface area contributed by atoms with Gasteiger partial charge in [0.25, 0.3) is 0 Å². The molecule has 3 unspecified atom stereocenters. The smallest absolute Gasteiger partial charge is 0.0683 e. The summed E-state index contributed by atoms with van der Waals surface area (Å²) in [5, 5.41) is 31.9. The zero-order valence-corrected chi connectivity index (χ0v) is 20.3. The Morgan fingerprint density at radius 1 is 1.16 bits per heavy atom. The van der Waals surface area contributed by atoms with Gasteiger partial charge in [0.2, 0.25) is 0 Å². The molecule has 0 radical (unpaired) electrons. The summed E-state index contributed by atoms with van der Waals surface area (Å²) in [6.45, 7) is 13.9. The van der Waals surface area contributed by atoms with Gasteiger partial charge in [-0.05, 0) is 92.3 Å². The van der Waals surface area contributed by atoms with Crippen molar-refractivity contribution in [2.24, 2.45) is 46.3 Å². The minimum Gasteiger partial charge on any atom is -0.395 e. The Morgan fingerprint density at radius 3 is 2.58 bits per heavy atom. The molecule has 0 spiro atoms. The van der Waals surface area contributed by atoms with Crippen LogP contribution in [-0.2, 0) is 0 Å². The molecule has 0 amide bonds. The summed E-state index contributed by atoms with van der Waals surface area (Å²) in [6, 6.07) is 0. The van der Waals surface area contributed by atoms with Gasteiger partial charge in [-0.2, -0.15) is 0 Å². The number of hydrogen-bond acceptors (Lipinski definition) is 3. The predicted octanol–water partition coefficient (Wildman–Crippen LogP) is 5.50. The molecule has 3 heteroatoms. The maximum absolute atomic E-state index is 11.1. The maximum Gasteiger partial charge on any atom is 0.0683 e. The van der Waals surface area contributed by atoms with Gasteiger partial charge in [0.1, 0.15) is 0 Å². The van der Waals surface area contributed by atoms with Crippen LogP contribution in [0, 0.1) is 46.3 Å². The highest BCUT2D eigenvalue weighted by Crippen LogP contribution is 2.67. The van der Waals surface area contributed by atoms with Crippen molar-refractivity contribution in [3.63, 3.8) is 0 Å². The fourth-order valence-corrected chi connectivity index (χ4v) is 8.70. The molecule has 31 heavy (non-hydrogen) atoms. The molecular formula is C28H46O3. The van der Waals surface area contributed by atoms with Crippen LogP contribution in [0.15, 0.2) is 23.8 Å². The summed E-state index contributed by atoms with van der Waals surface area (Å²) in [5.74, 6) is 3.67. The molecule has 3 nitrogen and oxygen atoms in total. The lowest BCUT2D eigenvalue weighted by Crippen LogP contribution is -2.58. The molecule has 4 aliphatic rings. The van der Waals surface area contributed by atoms with Crippen LogP contribution in [0.1, 0.15) is 85.5 Å². The summed E-state index contributed by atoms with van der Waals surface area (Å²) in [4.78, 5) is 0. The molecule has 0 aromatic heterocycles. The Labute approximate surface area is 190 Å². The zero-order chi connectivity index (χ0) is 22.6. The summed E-state index contributed by atoms with van der Waals surface area (Å²) in [7, 11) is 0. The second-order valence-corrected chi connectivity index (χ2v) is 12.2. The van der Waals surface area contributed by atoms with Gasteiger partial charge in [0, 0.05) is 11.8 Å². The van der Waals surface area contributed by atoms with E-state index in [1.807, 2.05) is 0 Å².